The summed E-state index contributed by atoms with van der Waals surface area (Å²) in [4.78, 5) is 13.4. The molecule has 0 aromatic heterocycles. The molecule has 1 aromatic carbocycles. The molecule has 1 aliphatic heterocycles. The smallest absolute Gasteiger partial charge is 0.247 e. The second-order valence-electron chi connectivity index (χ2n) is 4.83. The van der Waals surface area contributed by atoms with Crippen molar-refractivity contribution < 1.29 is 9.53 Å². The number of nitrogens with zero attached hydrogens (tertiary/aromatic N) is 1. The van der Waals surface area contributed by atoms with Gasteiger partial charge < -0.3 is 10.5 Å². The van der Waals surface area contributed by atoms with Crippen LogP contribution in [0.15, 0.2) is 30.3 Å². The maximum Gasteiger partial charge on any atom is 0.247 e. The van der Waals surface area contributed by atoms with Crippen LogP contribution in [0.4, 0.5) is 0 Å². The van der Waals surface area contributed by atoms with Crippen LogP contribution in [0.3, 0.4) is 0 Å². The lowest BCUT2D eigenvalue weighted by Crippen LogP contribution is -2.49. The SMILES string of the molecule is C[C@H](CN1CCO[C@@H](C(N)=O)C1)c1ccccc1. The number of ether oxygens (including phenoxy) is 1. The number of nitrogens with two attached hydrogens (primary N) is 1. The lowest BCUT2D eigenvalue weighted by Gasteiger charge is -2.33. The molecule has 0 saturated carbocycles. The third kappa shape index (κ3) is 3.31. The van der Waals surface area contributed by atoms with E-state index in [1.54, 1.807) is 0 Å². The fourth-order valence-electron chi connectivity index (χ4n) is 2.31. The van der Waals surface area contributed by atoms with Crippen LogP contribution >= 0.6 is 0 Å². The molecule has 4 nitrogen and oxygen atoms in total. The molecule has 1 aromatic rings. The van der Waals surface area contributed by atoms with E-state index in [2.05, 4.69) is 36.1 Å². The van der Waals surface area contributed by atoms with Crippen LogP contribution in [0, 0.1) is 0 Å². The van der Waals surface area contributed by atoms with E-state index in [0.717, 1.165) is 13.1 Å². The zero-order valence-corrected chi connectivity index (χ0v) is 10.7. The monoisotopic (exact) mass is 248 g/mol. The maximum absolute atomic E-state index is 11.1. The first-order valence-electron chi connectivity index (χ1n) is 6.35. The molecule has 1 aliphatic rings. The molecule has 2 atom stereocenters. The van der Waals surface area contributed by atoms with Gasteiger partial charge in [-0.25, -0.2) is 0 Å². The van der Waals surface area contributed by atoms with Crippen LogP contribution in [0.25, 0.3) is 0 Å². The molecule has 0 aliphatic carbocycles. The summed E-state index contributed by atoms with van der Waals surface area (Å²) in [5.41, 5.74) is 6.60. The minimum atomic E-state index is -0.457. The fourth-order valence-corrected chi connectivity index (χ4v) is 2.31. The molecule has 4 heteroatoms. The predicted molar refractivity (Wildman–Crippen MR) is 70.2 cm³/mol. The summed E-state index contributed by atoms with van der Waals surface area (Å²) in [5.74, 6) is 0.0740. The Morgan fingerprint density at radius 3 is 2.89 bits per heavy atom. The molecule has 1 amide bonds. The van der Waals surface area contributed by atoms with Crippen molar-refractivity contribution >= 4 is 5.91 Å². The fraction of sp³-hybridized carbons (Fsp3) is 0.500. The first kappa shape index (κ1) is 13.1. The summed E-state index contributed by atoms with van der Waals surface area (Å²) in [7, 11) is 0. The Labute approximate surface area is 108 Å². The van der Waals surface area contributed by atoms with Gasteiger partial charge in [-0.1, -0.05) is 37.3 Å². The summed E-state index contributed by atoms with van der Waals surface area (Å²) in [6.45, 7) is 5.17. The van der Waals surface area contributed by atoms with Gasteiger partial charge in [-0.3, -0.25) is 9.69 Å². The number of rotatable bonds is 4. The third-order valence-electron chi connectivity index (χ3n) is 3.37. The van der Waals surface area contributed by atoms with Crippen molar-refractivity contribution in [2.45, 2.75) is 18.9 Å². The molecule has 0 spiro atoms. The topological polar surface area (TPSA) is 55.6 Å². The normalized spacial score (nSPS) is 22.6. The Balaban J connectivity index is 1.91. The van der Waals surface area contributed by atoms with Crippen LogP contribution in [-0.2, 0) is 9.53 Å². The van der Waals surface area contributed by atoms with Gasteiger partial charge in [0.15, 0.2) is 0 Å². The highest BCUT2D eigenvalue weighted by atomic mass is 16.5. The number of benzene rings is 1. The van der Waals surface area contributed by atoms with E-state index in [1.165, 1.54) is 5.56 Å². The predicted octanol–water partition coefficient (Wildman–Crippen LogP) is 0.976. The van der Waals surface area contributed by atoms with Gasteiger partial charge in [0.25, 0.3) is 0 Å². The Morgan fingerprint density at radius 1 is 1.50 bits per heavy atom. The Hall–Kier alpha value is -1.39. The average molecular weight is 248 g/mol. The zero-order valence-electron chi connectivity index (χ0n) is 10.7. The molecule has 1 heterocycles. The molecule has 98 valence electrons. The quantitative estimate of drug-likeness (QED) is 0.864. The lowest BCUT2D eigenvalue weighted by atomic mass is 10.0. The summed E-state index contributed by atoms with van der Waals surface area (Å²) in [6, 6.07) is 10.4. The van der Waals surface area contributed by atoms with Gasteiger partial charge in [0.2, 0.25) is 5.91 Å². The highest BCUT2D eigenvalue weighted by Crippen LogP contribution is 2.17. The van der Waals surface area contributed by atoms with Gasteiger partial charge >= 0.3 is 0 Å². The standard InChI is InChI=1S/C14H20N2O2/c1-11(12-5-3-2-4-6-12)9-16-7-8-18-13(10-16)14(15)17/h2-6,11,13H,7-10H2,1H3,(H2,15,17)/t11-,13-/m1/s1. The van der Waals surface area contributed by atoms with Crippen molar-refractivity contribution in [1.82, 2.24) is 4.90 Å². The number of carbonyl (C=O) groups excluding carboxylic acids is 1. The van der Waals surface area contributed by atoms with Crippen molar-refractivity contribution in [3.05, 3.63) is 35.9 Å². The molecule has 2 N–H and O–H groups in total. The number of primary amides is 1. The van der Waals surface area contributed by atoms with E-state index >= 15 is 0 Å². The number of carbonyl (C=O) groups is 1. The number of morpholine rings is 1. The first-order valence-corrected chi connectivity index (χ1v) is 6.35. The molecule has 0 radical (unpaired) electrons. The molecule has 2 rings (SSSR count). The van der Waals surface area contributed by atoms with Crippen LogP contribution in [-0.4, -0.2) is 43.2 Å². The molecule has 1 saturated heterocycles. The number of amides is 1. The number of hydrogen-bond donors (Lipinski definition) is 1. The minimum absolute atomic E-state index is 0.368. The van der Waals surface area contributed by atoms with Crippen molar-refractivity contribution in [3.8, 4) is 0 Å². The van der Waals surface area contributed by atoms with Crippen LogP contribution < -0.4 is 5.73 Å². The van der Waals surface area contributed by atoms with E-state index in [-0.39, 0.29) is 5.91 Å². The average Bonchev–Trinajstić information content (AvgIpc) is 2.40. The molecular formula is C14H20N2O2. The van der Waals surface area contributed by atoms with Gasteiger partial charge in [0.05, 0.1) is 6.61 Å². The summed E-state index contributed by atoms with van der Waals surface area (Å²) >= 11 is 0. The Bertz CT molecular complexity index is 394. The molecular weight excluding hydrogens is 228 g/mol. The van der Waals surface area contributed by atoms with Crippen molar-refractivity contribution in [2.24, 2.45) is 5.73 Å². The summed E-state index contributed by atoms with van der Waals surface area (Å²) in [5, 5.41) is 0. The van der Waals surface area contributed by atoms with E-state index in [1.807, 2.05) is 6.07 Å². The van der Waals surface area contributed by atoms with Gasteiger partial charge in [-0.2, -0.15) is 0 Å². The lowest BCUT2D eigenvalue weighted by molar-refractivity contribution is -0.135. The van der Waals surface area contributed by atoms with Gasteiger partial charge in [-0.05, 0) is 11.5 Å². The largest absolute Gasteiger partial charge is 0.367 e. The number of hydrogen-bond acceptors (Lipinski definition) is 3. The summed E-state index contributed by atoms with van der Waals surface area (Å²) < 4.78 is 5.34. The highest BCUT2D eigenvalue weighted by molar-refractivity contribution is 5.79. The third-order valence-corrected chi connectivity index (χ3v) is 3.37. The van der Waals surface area contributed by atoms with Crippen molar-refractivity contribution in [1.29, 1.82) is 0 Å². The highest BCUT2D eigenvalue weighted by Gasteiger charge is 2.25. The second kappa shape index (κ2) is 5.98. The van der Waals surface area contributed by atoms with Crippen LogP contribution in [0.5, 0.6) is 0 Å². The van der Waals surface area contributed by atoms with E-state index in [0.29, 0.717) is 19.1 Å². The van der Waals surface area contributed by atoms with E-state index in [9.17, 15) is 4.79 Å². The Morgan fingerprint density at radius 2 is 2.22 bits per heavy atom. The summed E-state index contributed by atoms with van der Waals surface area (Å²) in [6.07, 6.45) is -0.457. The van der Waals surface area contributed by atoms with Gasteiger partial charge in [-0.15, -0.1) is 0 Å². The molecule has 18 heavy (non-hydrogen) atoms. The van der Waals surface area contributed by atoms with Gasteiger partial charge in [0, 0.05) is 19.6 Å². The molecule has 0 bridgehead atoms. The van der Waals surface area contributed by atoms with Crippen molar-refractivity contribution in [3.63, 3.8) is 0 Å². The molecule has 1 fully saturated rings. The molecule has 0 unspecified atom stereocenters. The minimum Gasteiger partial charge on any atom is -0.367 e. The van der Waals surface area contributed by atoms with E-state index < -0.39 is 6.10 Å². The van der Waals surface area contributed by atoms with Crippen molar-refractivity contribution in [2.75, 3.05) is 26.2 Å². The van der Waals surface area contributed by atoms with Gasteiger partial charge in [0.1, 0.15) is 6.10 Å². The first-order chi connectivity index (χ1) is 8.66. The maximum atomic E-state index is 11.1. The van der Waals surface area contributed by atoms with E-state index in [4.69, 9.17) is 10.5 Å². The zero-order chi connectivity index (χ0) is 13.0. The van der Waals surface area contributed by atoms with Crippen LogP contribution in [0.2, 0.25) is 0 Å². The Kier molecular flexibility index (Phi) is 4.33. The van der Waals surface area contributed by atoms with Crippen LogP contribution in [0.1, 0.15) is 18.4 Å². The second-order valence-corrected chi connectivity index (χ2v) is 4.83.